The van der Waals surface area contributed by atoms with Crippen LogP contribution in [0.25, 0.3) is 0 Å². The predicted molar refractivity (Wildman–Crippen MR) is 50.2 cm³/mol. The second-order valence-electron chi connectivity index (χ2n) is 1.78. The maximum absolute atomic E-state index is 7.66. The summed E-state index contributed by atoms with van der Waals surface area (Å²) in [5, 5.41) is 0. The topological polar surface area (TPSA) is 35.0 Å². The first kappa shape index (κ1) is 2.67. The van der Waals surface area contributed by atoms with Crippen molar-refractivity contribution in [2.24, 2.45) is 0 Å². The van der Waals surface area contributed by atoms with E-state index in [0.29, 0.717) is 0 Å². The molecule has 0 fully saturated rings. The van der Waals surface area contributed by atoms with Gasteiger partial charge in [-0.15, -0.1) is 0 Å². The van der Waals surface area contributed by atoms with E-state index < -0.39 is 38.3 Å². The maximum atomic E-state index is 7.66. The molecule has 4 heteroatoms. The Kier molecular flexibility index (Phi) is 0.857. The molecule has 0 radical (unpaired) electrons. The Labute approximate surface area is 94.4 Å². The molecule has 0 N–H and O–H groups in total. The molecule has 0 aliphatic rings. The third kappa shape index (κ3) is 2.44. The number of aryl methyl sites for hydroxylation is 1. The Bertz CT molecular complexity index is 537. The number of rotatable bonds is 2. The highest BCUT2D eigenvalue weighted by Gasteiger charge is 2.02. The number of nitrogens with zero attached hydrogens (tertiary/aromatic N) is 2. The molecule has 3 nitrogen and oxygen atoms in total. The third-order valence-electron chi connectivity index (χ3n) is 0.915. The van der Waals surface area contributed by atoms with Gasteiger partial charge in [0, 0.05) is 18.5 Å². The van der Waals surface area contributed by atoms with E-state index in [9.17, 15) is 0 Å². The van der Waals surface area contributed by atoms with Crippen molar-refractivity contribution in [1.29, 1.82) is 0 Å². The van der Waals surface area contributed by atoms with Crippen LogP contribution in [0.1, 0.15) is 33.1 Å². The molecular weight excluding hydrogens is 220 g/mol. The molecular formula is C8H11BrN2O. The van der Waals surface area contributed by atoms with Crippen molar-refractivity contribution in [2.75, 3.05) is 0 Å². The molecule has 1 aromatic heterocycles. The van der Waals surface area contributed by atoms with Crippen molar-refractivity contribution in [3.05, 3.63) is 16.4 Å². The van der Waals surface area contributed by atoms with Crippen LogP contribution >= 0.6 is 15.9 Å². The minimum atomic E-state index is -3.34. The molecule has 66 valence electrons. The fourth-order valence-electron chi connectivity index (χ4n) is 0.491. The summed E-state index contributed by atoms with van der Waals surface area (Å²) in [5.41, 5.74) is -0.490. The van der Waals surface area contributed by atoms with E-state index in [1.54, 1.807) is 0 Å². The molecule has 0 atom stereocenters. The van der Waals surface area contributed by atoms with Gasteiger partial charge in [-0.3, -0.25) is 0 Å². The molecule has 0 saturated carbocycles. The fourth-order valence-corrected chi connectivity index (χ4v) is 0.682. The monoisotopic (exact) mass is 240 g/mol. The standard InChI is InChI=1S/C8H11BrN2O/c1-5(2)12-8-10-4-7(9)6(3)11-8/h4-5H,1-3H3/i1D3,2D3,3D3,5D. The van der Waals surface area contributed by atoms with E-state index in [2.05, 4.69) is 30.6 Å². The second-order valence-corrected chi connectivity index (χ2v) is 2.63. The number of aromatic nitrogens is 2. The Morgan fingerprint density at radius 1 is 1.75 bits per heavy atom. The van der Waals surface area contributed by atoms with Gasteiger partial charge in [-0.1, -0.05) is 0 Å². The predicted octanol–water partition coefficient (Wildman–Crippen LogP) is 2.33. The van der Waals surface area contributed by atoms with Crippen LogP contribution in [0.3, 0.4) is 0 Å². The van der Waals surface area contributed by atoms with Crippen LogP contribution in [0.2, 0.25) is 0 Å². The highest BCUT2D eigenvalue weighted by Crippen LogP contribution is 2.14. The summed E-state index contributed by atoms with van der Waals surface area (Å²) in [6.45, 7) is -9.34. The van der Waals surface area contributed by atoms with Gasteiger partial charge >= 0.3 is 6.01 Å². The second kappa shape index (κ2) is 3.85. The summed E-state index contributed by atoms with van der Waals surface area (Å²) >= 11 is 2.92. The van der Waals surface area contributed by atoms with Crippen molar-refractivity contribution >= 4 is 15.9 Å². The molecule has 0 unspecified atom stereocenters. The zero-order valence-electron chi connectivity index (χ0n) is 15.8. The van der Waals surface area contributed by atoms with Crippen molar-refractivity contribution in [3.63, 3.8) is 0 Å². The average Bonchev–Trinajstić information content (AvgIpc) is 2.27. The van der Waals surface area contributed by atoms with Crippen LogP contribution < -0.4 is 4.74 Å². The summed E-state index contributed by atoms with van der Waals surface area (Å²) in [4.78, 5) is 7.01. The van der Waals surface area contributed by atoms with Gasteiger partial charge in [-0.05, 0) is 36.5 Å². The third-order valence-corrected chi connectivity index (χ3v) is 1.50. The highest BCUT2D eigenvalue weighted by molar-refractivity contribution is 9.10. The van der Waals surface area contributed by atoms with Crippen LogP contribution in [0, 0.1) is 6.85 Å². The molecule has 0 amide bonds. The molecule has 0 spiro atoms. The lowest BCUT2D eigenvalue weighted by Crippen LogP contribution is -2.08. The maximum Gasteiger partial charge on any atom is 0.316 e. The normalized spacial score (nSPS) is 26.8. The largest absolute Gasteiger partial charge is 0.461 e. The van der Waals surface area contributed by atoms with Gasteiger partial charge < -0.3 is 4.74 Å². The number of hydrogen-bond acceptors (Lipinski definition) is 3. The highest BCUT2D eigenvalue weighted by atomic mass is 79.9. The lowest BCUT2D eigenvalue weighted by Gasteiger charge is -2.07. The average molecular weight is 241 g/mol. The van der Waals surface area contributed by atoms with Crippen LogP contribution in [0.5, 0.6) is 6.01 Å². The van der Waals surface area contributed by atoms with Crippen molar-refractivity contribution in [1.82, 2.24) is 9.97 Å². The zero-order valence-corrected chi connectivity index (χ0v) is 7.34. The molecule has 0 aliphatic carbocycles. The molecule has 0 bridgehead atoms. The van der Waals surface area contributed by atoms with E-state index in [0.717, 1.165) is 6.20 Å². The SMILES string of the molecule is [2H]C([2H])([2H])c1nc(OC([2H])(C([2H])([2H])[2H])C([2H])([2H])[2H])ncc1Br. The first-order chi connectivity index (χ1) is 9.59. The van der Waals surface area contributed by atoms with Crippen molar-refractivity contribution < 1.29 is 18.4 Å². The first-order valence-electron chi connectivity index (χ1n) is 7.81. The number of ether oxygens (including phenoxy) is 1. The molecule has 0 saturated heterocycles. The molecule has 0 aliphatic heterocycles. The number of halogens is 1. The molecule has 1 heterocycles. The van der Waals surface area contributed by atoms with Crippen LogP contribution in [-0.2, 0) is 0 Å². The minimum absolute atomic E-state index is 0.0122. The molecule has 1 aromatic rings. The quantitative estimate of drug-likeness (QED) is 0.797. The zero-order chi connectivity index (χ0) is 17.6. The van der Waals surface area contributed by atoms with Gasteiger partial charge in [0.05, 0.1) is 17.6 Å². The van der Waals surface area contributed by atoms with Crippen LogP contribution in [-0.4, -0.2) is 16.0 Å². The van der Waals surface area contributed by atoms with E-state index in [4.69, 9.17) is 13.7 Å². The Balaban J connectivity index is 3.33. The summed E-state index contributed by atoms with van der Waals surface area (Å²) in [6.07, 6.45) is -2.36. The lowest BCUT2D eigenvalue weighted by atomic mass is 10.4. The van der Waals surface area contributed by atoms with Gasteiger partial charge in [-0.25, -0.2) is 4.98 Å². The van der Waals surface area contributed by atoms with Gasteiger partial charge in [0.2, 0.25) is 0 Å². The molecule has 0 aromatic carbocycles. The van der Waals surface area contributed by atoms with Gasteiger partial charge in [0.25, 0.3) is 0 Å². The van der Waals surface area contributed by atoms with Gasteiger partial charge in [-0.2, -0.15) is 4.98 Å². The van der Waals surface area contributed by atoms with E-state index in [1.165, 1.54) is 0 Å². The molecule has 1 rings (SSSR count). The Morgan fingerprint density at radius 3 is 3.25 bits per heavy atom. The smallest absolute Gasteiger partial charge is 0.316 e. The van der Waals surface area contributed by atoms with E-state index in [1.807, 2.05) is 0 Å². The van der Waals surface area contributed by atoms with Crippen LogP contribution in [0.4, 0.5) is 0 Å². The van der Waals surface area contributed by atoms with E-state index in [-0.39, 0.29) is 4.47 Å². The summed E-state index contributed by atoms with van der Waals surface area (Å²) < 4.78 is 77.3. The van der Waals surface area contributed by atoms with Gasteiger partial charge in [0.1, 0.15) is 0 Å². The van der Waals surface area contributed by atoms with Gasteiger partial charge in [0.15, 0.2) is 0 Å². The van der Waals surface area contributed by atoms with E-state index >= 15 is 0 Å². The minimum Gasteiger partial charge on any atom is -0.461 e. The van der Waals surface area contributed by atoms with Crippen molar-refractivity contribution in [2.45, 2.75) is 26.6 Å². The summed E-state index contributed by atoms with van der Waals surface area (Å²) in [7, 11) is 0. The number of hydrogen-bond donors (Lipinski definition) is 0. The fraction of sp³-hybridized carbons (Fsp3) is 0.500. The summed E-state index contributed by atoms with van der Waals surface area (Å²) in [6, 6.07) is -0.823. The molecule has 12 heavy (non-hydrogen) atoms. The van der Waals surface area contributed by atoms with Crippen molar-refractivity contribution in [3.8, 4) is 6.01 Å². The summed E-state index contributed by atoms with van der Waals surface area (Å²) in [5.74, 6) is 0. The Morgan fingerprint density at radius 2 is 2.58 bits per heavy atom. The Hall–Kier alpha value is -0.640. The first-order valence-corrected chi connectivity index (χ1v) is 3.61. The van der Waals surface area contributed by atoms with Crippen LogP contribution in [0.15, 0.2) is 10.7 Å². The lowest BCUT2D eigenvalue weighted by molar-refractivity contribution is 0.221.